The van der Waals surface area contributed by atoms with Gasteiger partial charge in [-0.3, -0.25) is 4.79 Å². The number of nitriles is 1. The molecular formula is C32H22N4O2S2. The molecule has 0 aliphatic rings. The highest BCUT2D eigenvalue weighted by molar-refractivity contribution is 7.15. The van der Waals surface area contributed by atoms with E-state index in [-0.39, 0.29) is 6.42 Å². The van der Waals surface area contributed by atoms with Crippen molar-refractivity contribution in [2.45, 2.75) is 6.42 Å². The van der Waals surface area contributed by atoms with Crippen LogP contribution in [0.25, 0.3) is 32.6 Å². The van der Waals surface area contributed by atoms with Crippen molar-refractivity contribution in [1.29, 1.82) is 5.26 Å². The lowest BCUT2D eigenvalue weighted by Gasteiger charge is -2.25. The van der Waals surface area contributed by atoms with Crippen molar-refractivity contribution < 1.29 is 9.90 Å². The third kappa shape index (κ3) is 4.96. The van der Waals surface area contributed by atoms with E-state index >= 15 is 0 Å². The smallest absolute Gasteiger partial charge is 0.321 e. The number of nitrogens with zero attached hydrogens (tertiary/aromatic N) is 4. The number of carboxylic acids is 1. The summed E-state index contributed by atoms with van der Waals surface area (Å²) in [5, 5.41) is 18.4. The van der Waals surface area contributed by atoms with Crippen molar-refractivity contribution in [1.82, 2.24) is 8.75 Å². The molecule has 0 saturated carbocycles. The van der Waals surface area contributed by atoms with Crippen molar-refractivity contribution in [3.8, 4) is 27.6 Å². The monoisotopic (exact) mass is 558 g/mol. The molecule has 0 fully saturated rings. The summed E-state index contributed by atoms with van der Waals surface area (Å²) in [5.41, 5.74) is 7.83. The van der Waals surface area contributed by atoms with E-state index in [1.54, 1.807) is 0 Å². The predicted octanol–water partition coefficient (Wildman–Crippen LogP) is 8.32. The molecule has 0 aliphatic carbocycles. The molecule has 0 amide bonds. The molecule has 2 aromatic heterocycles. The van der Waals surface area contributed by atoms with Crippen LogP contribution in [-0.4, -0.2) is 19.8 Å². The fourth-order valence-corrected chi connectivity index (χ4v) is 6.36. The summed E-state index contributed by atoms with van der Waals surface area (Å²) in [4.78, 5) is 15.3. The van der Waals surface area contributed by atoms with Crippen LogP contribution < -0.4 is 4.90 Å². The van der Waals surface area contributed by atoms with Gasteiger partial charge >= 0.3 is 5.97 Å². The number of carbonyl (C=O) groups is 1. The second kappa shape index (κ2) is 11.1. The molecule has 1 atom stereocenters. The Morgan fingerprint density at radius 2 is 1.35 bits per heavy atom. The molecule has 1 N–H and O–H groups in total. The van der Waals surface area contributed by atoms with Gasteiger partial charge in [-0.05, 0) is 54.1 Å². The lowest BCUT2D eigenvalue weighted by atomic mass is 10.00. The molecule has 8 heteroatoms. The average molecular weight is 559 g/mol. The normalized spacial score (nSPS) is 11.7. The van der Waals surface area contributed by atoms with Gasteiger partial charge in [0.05, 0.1) is 17.8 Å². The quantitative estimate of drug-likeness (QED) is 0.202. The van der Waals surface area contributed by atoms with Crippen LogP contribution in [-0.2, 0) is 11.2 Å². The Hall–Kier alpha value is -4.84. The van der Waals surface area contributed by atoms with Crippen LogP contribution in [0.15, 0.2) is 109 Å². The molecule has 194 valence electrons. The molecular weight excluding hydrogens is 537 g/mol. The van der Waals surface area contributed by atoms with Gasteiger partial charge < -0.3 is 10.0 Å². The van der Waals surface area contributed by atoms with Crippen molar-refractivity contribution in [3.05, 3.63) is 114 Å². The maximum Gasteiger partial charge on any atom is 0.321 e. The molecule has 0 saturated heterocycles. The number of para-hydroxylation sites is 2. The number of carboxylic acid groups (broad SMARTS) is 1. The first-order chi connectivity index (χ1) is 19.6. The third-order valence-corrected chi connectivity index (χ3v) is 8.34. The van der Waals surface area contributed by atoms with E-state index in [2.05, 4.69) is 68.2 Å². The summed E-state index contributed by atoms with van der Waals surface area (Å²) < 4.78 is 9.23. The van der Waals surface area contributed by atoms with Crippen LogP contribution in [0, 0.1) is 17.2 Å². The molecule has 6 nitrogen and oxygen atoms in total. The Morgan fingerprint density at radius 1 is 0.775 bits per heavy atom. The Labute approximate surface area is 239 Å². The molecule has 40 heavy (non-hydrogen) atoms. The Morgan fingerprint density at radius 3 is 1.95 bits per heavy atom. The Bertz CT molecular complexity index is 1790. The molecule has 2 heterocycles. The van der Waals surface area contributed by atoms with Crippen molar-refractivity contribution in [2.75, 3.05) is 4.90 Å². The van der Waals surface area contributed by atoms with Gasteiger partial charge in [-0.2, -0.15) is 14.0 Å². The van der Waals surface area contributed by atoms with E-state index in [9.17, 15) is 9.90 Å². The van der Waals surface area contributed by atoms with Gasteiger partial charge in [0.1, 0.15) is 17.0 Å². The van der Waals surface area contributed by atoms with Gasteiger partial charge in [0.2, 0.25) is 0 Å². The third-order valence-electron chi connectivity index (χ3n) is 6.67. The second-order valence-electron chi connectivity index (χ2n) is 9.17. The van der Waals surface area contributed by atoms with Gasteiger partial charge in [0.15, 0.2) is 0 Å². The standard InChI is InChI=1S/C32H22N4O2S2/c33-20-22(32(37)38)19-26-15-18-29(39-26)28-17-16-27(30-31(28)35-40-34-30)21-11-13-25(14-12-21)36(23-7-3-1-4-8-23)24-9-5-2-6-10-24/h1-18,22H,19H2,(H,37,38). The molecule has 6 rings (SSSR count). The van der Waals surface area contributed by atoms with Crippen LogP contribution in [0.3, 0.4) is 0 Å². The summed E-state index contributed by atoms with van der Waals surface area (Å²) in [5.74, 6) is -2.16. The van der Waals surface area contributed by atoms with E-state index in [4.69, 9.17) is 5.26 Å². The summed E-state index contributed by atoms with van der Waals surface area (Å²) >= 11 is 2.66. The number of aliphatic carboxylic acids is 1. The van der Waals surface area contributed by atoms with Gasteiger partial charge in [-0.25, -0.2) is 0 Å². The van der Waals surface area contributed by atoms with Crippen molar-refractivity contribution in [3.63, 3.8) is 0 Å². The van der Waals surface area contributed by atoms with Crippen molar-refractivity contribution >= 4 is 57.1 Å². The van der Waals surface area contributed by atoms with Gasteiger partial charge in [-0.15, -0.1) is 11.3 Å². The first kappa shape index (κ1) is 25.4. The zero-order valence-electron chi connectivity index (χ0n) is 21.1. The number of aromatic nitrogens is 2. The zero-order valence-corrected chi connectivity index (χ0v) is 22.8. The average Bonchev–Trinajstić information content (AvgIpc) is 3.67. The molecule has 0 spiro atoms. The highest BCUT2D eigenvalue weighted by atomic mass is 32.1. The lowest BCUT2D eigenvalue weighted by Crippen LogP contribution is -2.13. The summed E-state index contributed by atoms with van der Waals surface area (Å²) in [6.45, 7) is 0. The highest BCUT2D eigenvalue weighted by Crippen LogP contribution is 2.39. The topological polar surface area (TPSA) is 90.1 Å². The fraction of sp³-hybridized carbons (Fsp3) is 0.0625. The first-order valence-corrected chi connectivity index (χ1v) is 14.1. The number of thiophene rings is 1. The maximum absolute atomic E-state index is 11.3. The largest absolute Gasteiger partial charge is 0.480 e. The maximum atomic E-state index is 11.3. The molecule has 0 radical (unpaired) electrons. The van der Waals surface area contributed by atoms with E-state index in [1.165, 1.54) is 23.1 Å². The number of benzene rings is 4. The molecule has 0 bridgehead atoms. The molecule has 1 unspecified atom stereocenters. The van der Waals surface area contributed by atoms with Crippen LogP contribution >= 0.6 is 23.1 Å². The molecule has 6 aromatic rings. The minimum Gasteiger partial charge on any atom is -0.480 e. The SMILES string of the molecule is N#CC(Cc1ccc(-c2ccc(-c3ccc(N(c4ccccc4)c4ccccc4)cc3)c3nsnc23)s1)C(=O)O. The van der Waals surface area contributed by atoms with Crippen molar-refractivity contribution in [2.24, 2.45) is 5.92 Å². The van der Waals surface area contributed by atoms with Crippen LogP contribution in [0.1, 0.15) is 4.88 Å². The van der Waals surface area contributed by atoms with Gasteiger partial charge in [-0.1, -0.05) is 60.7 Å². The van der Waals surface area contributed by atoms with Crippen LogP contribution in [0.5, 0.6) is 0 Å². The predicted molar refractivity (Wildman–Crippen MR) is 161 cm³/mol. The number of anilines is 3. The number of hydrogen-bond donors (Lipinski definition) is 1. The fourth-order valence-electron chi connectivity index (χ4n) is 4.71. The minimum atomic E-state index is -1.10. The highest BCUT2D eigenvalue weighted by Gasteiger charge is 2.20. The van der Waals surface area contributed by atoms with E-state index in [0.29, 0.717) is 0 Å². The Balaban J connectivity index is 1.33. The lowest BCUT2D eigenvalue weighted by molar-refractivity contribution is -0.139. The molecule has 4 aromatic carbocycles. The second-order valence-corrected chi connectivity index (χ2v) is 10.9. The van der Waals surface area contributed by atoms with Crippen LogP contribution in [0.2, 0.25) is 0 Å². The van der Waals surface area contributed by atoms with E-state index in [1.807, 2.05) is 60.7 Å². The summed E-state index contributed by atoms with van der Waals surface area (Å²) in [7, 11) is 0. The van der Waals surface area contributed by atoms with Crippen LogP contribution in [0.4, 0.5) is 17.1 Å². The number of fused-ring (bicyclic) bond motifs is 1. The number of rotatable bonds is 8. The summed E-state index contributed by atoms with van der Waals surface area (Å²) in [6.07, 6.45) is 0.183. The van der Waals surface area contributed by atoms with E-state index in [0.717, 1.165) is 54.5 Å². The van der Waals surface area contributed by atoms with Gasteiger partial charge in [0, 0.05) is 44.4 Å². The zero-order chi connectivity index (χ0) is 27.5. The molecule has 0 aliphatic heterocycles. The first-order valence-electron chi connectivity index (χ1n) is 12.6. The van der Waals surface area contributed by atoms with E-state index < -0.39 is 11.9 Å². The number of hydrogen-bond acceptors (Lipinski definition) is 7. The minimum absolute atomic E-state index is 0.183. The van der Waals surface area contributed by atoms with Gasteiger partial charge in [0.25, 0.3) is 0 Å². The summed E-state index contributed by atoms with van der Waals surface area (Å²) in [6, 6.07) is 38.9. The Kier molecular flexibility index (Phi) is 7.06.